The van der Waals surface area contributed by atoms with Crippen molar-refractivity contribution < 1.29 is 10.0 Å². The van der Waals surface area contributed by atoms with E-state index in [1.54, 1.807) is 30.3 Å². The lowest BCUT2D eigenvalue weighted by molar-refractivity contribution is -0.384. The second-order valence-electron chi connectivity index (χ2n) is 5.31. The fraction of sp³-hybridized carbons (Fsp3) is 0.0556. The summed E-state index contributed by atoms with van der Waals surface area (Å²) in [6.07, 6.45) is 3.01. The van der Waals surface area contributed by atoms with E-state index >= 15 is 0 Å². The molecule has 2 N–H and O–H groups in total. The Bertz CT molecular complexity index is 996. The predicted molar refractivity (Wildman–Crippen MR) is 96.0 cm³/mol. The van der Waals surface area contributed by atoms with E-state index in [9.17, 15) is 10.1 Å². The molecule has 128 valence electrons. The Morgan fingerprint density at radius 3 is 2.62 bits per heavy atom. The molecule has 0 atom stereocenters. The Morgan fingerprint density at radius 1 is 1.19 bits per heavy atom. The standard InChI is InChI=1S/C18H13N5O3/c1-19-15-8-9-20-10-14(15)16-6-7-17(23(25)26)18(22-16)21-13-4-2-12(11-24)3-5-13/h2-10,24H,11H2,(H,21,22). The topological polar surface area (TPSA) is 106 Å². The van der Waals surface area contributed by atoms with Gasteiger partial charge < -0.3 is 10.4 Å². The minimum absolute atomic E-state index is 0.0593. The van der Waals surface area contributed by atoms with E-state index < -0.39 is 4.92 Å². The number of hydrogen-bond donors (Lipinski definition) is 2. The van der Waals surface area contributed by atoms with Gasteiger partial charge >= 0.3 is 5.69 Å². The van der Waals surface area contributed by atoms with Gasteiger partial charge in [-0.05, 0) is 29.8 Å². The van der Waals surface area contributed by atoms with Gasteiger partial charge in [-0.15, -0.1) is 0 Å². The molecule has 8 nitrogen and oxygen atoms in total. The van der Waals surface area contributed by atoms with E-state index in [1.165, 1.54) is 24.5 Å². The molecule has 0 aliphatic heterocycles. The van der Waals surface area contributed by atoms with Gasteiger partial charge in [-0.25, -0.2) is 9.83 Å². The first-order chi connectivity index (χ1) is 12.6. The zero-order valence-corrected chi connectivity index (χ0v) is 13.5. The van der Waals surface area contributed by atoms with Gasteiger partial charge in [0.05, 0.1) is 23.8 Å². The van der Waals surface area contributed by atoms with Crippen LogP contribution in [0.15, 0.2) is 54.9 Å². The second-order valence-corrected chi connectivity index (χ2v) is 5.31. The van der Waals surface area contributed by atoms with Gasteiger partial charge in [0.1, 0.15) is 0 Å². The molecule has 26 heavy (non-hydrogen) atoms. The highest BCUT2D eigenvalue weighted by Crippen LogP contribution is 2.33. The second kappa shape index (κ2) is 7.38. The Labute approximate surface area is 148 Å². The van der Waals surface area contributed by atoms with E-state index in [0.717, 1.165) is 5.56 Å². The Hall–Kier alpha value is -3.83. The molecule has 0 amide bonds. The highest BCUT2D eigenvalue weighted by Gasteiger charge is 2.18. The van der Waals surface area contributed by atoms with Crippen molar-refractivity contribution in [2.24, 2.45) is 0 Å². The van der Waals surface area contributed by atoms with Crippen LogP contribution in [0.3, 0.4) is 0 Å². The van der Waals surface area contributed by atoms with Crippen molar-refractivity contribution in [1.82, 2.24) is 9.97 Å². The molecule has 0 aliphatic rings. The van der Waals surface area contributed by atoms with Crippen molar-refractivity contribution in [1.29, 1.82) is 0 Å². The van der Waals surface area contributed by atoms with Gasteiger partial charge in [0.25, 0.3) is 0 Å². The molecule has 2 aromatic heterocycles. The summed E-state index contributed by atoms with van der Waals surface area (Å²) in [6.45, 7) is 7.15. The molecule has 8 heteroatoms. The first-order valence-corrected chi connectivity index (χ1v) is 7.56. The van der Waals surface area contributed by atoms with Gasteiger partial charge in [0.15, 0.2) is 5.69 Å². The van der Waals surface area contributed by atoms with E-state index in [-0.39, 0.29) is 18.1 Å². The molecule has 3 aromatic rings. The average molecular weight is 347 g/mol. The maximum atomic E-state index is 11.3. The summed E-state index contributed by atoms with van der Waals surface area (Å²) < 4.78 is 0. The fourth-order valence-corrected chi connectivity index (χ4v) is 2.35. The SMILES string of the molecule is [C-]#[N+]c1ccncc1-c1ccc([N+](=O)[O-])c(Nc2ccc(CO)cc2)n1. The molecule has 0 aliphatic carbocycles. The molecule has 0 saturated carbocycles. The predicted octanol–water partition coefficient (Wildman–Crippen LogP) is 3.84. The molecule has 2 heterocycles. The van der Waals surface area contributed by atoms with Crippen LogP contribution in [0.2, 0.25) is 0 Å². The number of nitrogens with one attached hydrogen (secondary N) is 1. The van der Waals surface area contributed by atoms with E-state index in [0.29, 0.717) is 22.6 Å². The first kappa shape index (κ1) is 17.0. The van der Waals surface area contributed by atoms with Gasteiger partial charge in [0.2, 0.25) is 5.82 Å². The van der Waals surface area contributed by atoms with Gasteiger partial charge in [-0.1, -0.05) is 12.1 Å². The summed E-state index contributed by atoms with van der Waals surface area (Å²) in [5.74, 6) is 0.0593. The van der Waals surface area contributed by atoms with Crippen molar-refractivity contribution in [3.05, 3.63) is 82.0 Å². The third-order valence-electron chi connectivity index (χ3n) is 3.66. The molecule has 0 fully saturated rings. The van der Waals surface area contributed by atoms with Crippen LogP contribution in [0.4, 0.5) is 22.9 Å². The van der Waals surface area contributed by atoms with Crippen molar-refractivity contribution in [2.45, 2.75) is 6.61 Å². The Kier molecular flexibility index (Phi) is 4.83. The normalized spacial score (nSPS) is 10.2. The zero-order valence-electron chi connectivity index (χ0n) is 13.5. The maximum Gasteiger partial charge on any atom is 0.311 e. The summed E-state index contributed by atoms with van der Waals surface area (Å²) in [4.78, 5) is 22.5. The van der Waals surface area contributed by atoms with Gasteiger partial charge in [0, 0.05) is 29.7 Å². The minimum Gasteiger partial charge on any atom is -0.392 e. The highest BCUT2D eigenvalue weighted by molar-refractivity contribution is 5.78. The lowest BCUT2D eigenvalue weighted by Gasteiger charge is -2.09. The summed E-state index contributed by atoms with van der Waals surface area (Å²) in [5, 5.41) is 23.3. The van der Waals surface area contributed by atoms with Crippen molar-refractivity contribution in [2.75, 3.05) is 5.32 Å². The number of nitrogens with zero attached hydrogens (tertiary/aromatic N) is 4. The summed E-state index contributed by atoms with van der Waals surface area (Å²) in [7, 11) is 0. The largest absolute Gasteiger partial charge is 0.392 e. The van der Waals surface area contributed by atoms with Crippen LogP contribution in [0.1, 0.15) is 5.56 Å². The van der Waals surface area contributed by atoms with Crippen LogP contribution in [-0.4, -0.2) is 20.0 Å². The third-order valence-corrected chi connectivity index (χ3v) is 3.66. The molecule has 0 saturated heterocycles. The quantitative estimate of drug-likeness (QED) is 0.413. The van der Waals surface area contributed by atoms with E-state index in [4.69, 9.17) is 11.7 Å². The number of aliphatic hydroxyl groups is 1. The number of anilines is 2. The molecule has 3 rings (SSSR count). The molecule has 0 radical (unpaired) electrons. The summed E-state index contributed by atoms with van der Waals surface area (Å²) in [5.41, 5.74) is 2.39. The van der Waals surface area contributed by atoms with Crippen molar-refractivity contribution in [3.8, 4) is 11.3 Å². The summed E-state index contributed by atoms with van der Waals surface area (Å²) in [6, 6.07) is 11.2. The van der Waals surface area contributed by atoms with Crippen molar-refractivity contribution in [3.63, 3.8) is 0 Å². The molecular weight excluding hydrogens is 334 g/mol. The number of nitro groups is 1. The monoisotopic (exact) mass is 347 g/mol. The minimum atomic E-state index is -0.528. The number of hydrogen-bond acceptors (Lipinski definition) is 6. The van der Waals surface area contributed by atoms with Gasteiger partial charge in [-0.3, -0.25) is 15.1 Å². The lowest BCUT2D eigenvalue weighted by atomic mass is 10.1. The van der Waals surface area contributed by atoms with Crippen LogP contribution >= 0.6 is 0 Å². The maximum absolute atomic E-state index is 11.3. The van der Waals surface area contributed by atoms with Crippen LogP contribution in [0.25, 0.3) is 16.1 Å². The lowest BCUT2D eigenvalue weighted by Crippen LogP contribution is -2.01. The Balaban J connectivity index is 2.04. The molecule has 0 spiro atoms. The highest BCUT2D eigenvalue weighted by atomic mass is 16.6. The van der Waals surface area contributed by atoms with Crippen LogP contribution < -0.4 is 5.32 Å². The van der Waals surface area contributed by atoms with E-state index in [2.05, 4.69) is 20.1 Å². The van der Waals surface area contributed by atoms with E-state index in [1.807, 2.05) is 0 Å². The molecule has 0 bridgehead atoms. The first-order valence-electron chi connectivity index (χ1n) is 7.56. The number of pyridine rings is 2. The Morgan fingerprint density at radius 2 is 1.96 bits per heavy atom. The average Bonchev–Trinajstić information content (AvgIpc) is 2.68. The molecular formula is C18H13N5O3. The van der Waals surface area contributed by atoms with Crippen LogP contribution in [0.5, 0.6) is 0 Å². The molecule has 0 unspecified atom stereocenters. The van der Waals surface area contributed by atoms with Gasteiger partial charge in [-0.2, -0.15) is 0 Å². The molecule has 1 aromatic carbocycles. The number of aromatic nitrogens is 2. The fourth-order valence-electron chi connectivity index (χ4n) is 2.35. The smallest absolute Gasteiger partial charge is 0.311 e. The third kappa shape index (κ3) is 3.48. The van der Waals surface area contributed by atoms with Crippen LogP contribution in [0, 0.1) is 16.7 Å². The summed E-state index contributed by atoms with van der Waals surface area (Å²) >= 11 is 0. The zero-order chi connectivity index (χ0) is 18.5. The van der Waals surface area contributed by atoms with Crippen molar-refractivity contribution >= 4 is 22.9 Å². The number of aliphatic hydroxyl groups excluding tert-OH is 1. The number of rotatable bonds is 5. The van der Waals surface area contributed by atoms with Crippen LogP contribution in [-0.2, 0) is 6.61 Å². The number of benzene rings is 1.